The zero-order valence-corrected chi connectivity index (χ0v) is 11.6. The molecule has 1 heterocycles. The molecule has 3 nitrogen and oxygen atoms in total. The summed E-state index contributed by atoms with van der Waals surface area (Å²) in [7, 11) is 0. The third kappa shape index (κ3) is 2.55. The van der Waals surface area contributed by atoms with E-state index in [-0.39, 0.29) is 6.04 Å². The molecule has 0 spiro atoms. The molecule has 1 aromatic carbocycles. The lowest BCUT2D eigenvalue weighted by molar-refractivity contribution is 0.658. The van der Waals surface area contributed by atoms with E-state index in [0.29, 0.717) is 0 Å². The molecule has 3 heteroatoms. The first-order valence-electron chi connectivity index (χ1n) is 6.47. The Bertz CT molecular complexity index is 528. The predicted molar refractivity (Wildman–Crippen MR) is 75.9 cm³/mol. The van der Waals surface area contributed by atoms with E-state index in [2.05, 4.69) is 62.5 Å². The quantitative estimate of drug-likeness (QED) is 0.887. The first kappa shape index (κ1) is 12.7. The van der Waals surface area contributed by atoms with Gasteiger partial charge in [-0.25, -0.2) is 0 Å². The van der Waals surface area contributed by atoms with Crippen LogP contribution in [0, 0.1) is 13.8 Å². The predicted octanol–water partition coefficient (Wildman–Crippen LogP) is 3.69. The second-order valence-corrected chi connectivity index (χ2v) is 4.74. The van der Waals surface area contributed by atoms with Gasteiger partial charge in [-0.05, 0) is 44.9 Å². The van der Waals surface area contributed by atoms with Crippen LogP contribution in [0.1, 0.15) is 36.6 Å². The number of anilines is 1. The maximum absolute atomic E-state index is 4.31. The highest BCUT2D eigenvalue weighted by Gasteiger charge is 2.09. The van der Waals surface area contributed by atoms with Crippen molar-refractivity contribution in [2.24, 2.45) is 0 Å². The number of hydrogen-bond acceptors (Lipinski definition) is 2. The summed E-state index contributed by atoms with van der Waals surface area (Å²) in [6, 6.07) is 6.63. The zero-order valence-electron chi connectivity index (χ0n) is 11.6. The smallest absolute Gasteiger partial charge is 0.0542 e. The fraction of sp³-hybridized carbons (Fsp3) is 0.400. The Morgan fingerprint density at radius 1 is 1.33 bits per heavy atom. The number of aryl methyl sites for hydroxylation is 2. The molecule has 0 radical (unpaired) electrons. The average molecular weight is 243 g/mol. The van der Waals surface area contributed by atoms with Crippen LogP contribution < -0.4 is 5.32 Å². The highest BCUT2D eigenvalue weighted by Crippen LogP contribution is 2.23. The topological polar surface area (TPSA) is 29.9 Å². The molecule has 2 aromatic rings. The van der Waals surface area contributed by atoms with Gasteiger partial charge in [0.25, 0.3) is 0 Å². The van der Waals surface area contributed by atoms with Crippen molar-refractivity contribution in [1.82, 2.24) is 9.78 Å². The summed E-state index contributed by atoms with van der Waals surface area (Å²) >= 11 is 0. The highest BCUT2D eigenvalue weighted by atomic mass is 15.3. The normalized spacial score (nSPS) is 12.4. The van der Waals surface area contributed by atoms with Crippen molar-refractivity contribution in [3.05, 3.63) is 47.3 Å². The van der Waals surface area contributed by atoms with Crippen molar-refractivity contribution in [2.45, 2.75) is 40.3 Å². The molecule has 0 aliphatic heterocycles. The standard InChI is InChI=1S/C15H21N3/c1-5-18-10-14(9-16-18)13(4)17-15-8-6-7-11(2)12(15)3/h6-10,13,17H,5H2,1-4H3. The van der Waals surface area contributed by atoms with Crippen LogP contribution in [0.2, 0.25) is 0 Å². The number of benzene rings is 1. The van der Waals surface area contributed by atoms with Gasteiger partial charge in [-0.3, -0.25) is 4.68 Å². The molecule has 1 N–H and O–H groups in total. The van der Waals surface area contributed by atoms with E-state index < -0.39 is 0 Å². The lowest BCUT2D eigenvalue weighted by Gasteiger charge is -2.16. The molecular weight excluding hydrogens is 222 g/mol. The van der Waals surface area contributed by atoms with Gasteiger partial charge in [0.15, 0.2) is 0 Å². The van der Waals surface area contributed by atoms with Gasteiger partial charge in [-0.1, -0.05) is 12.1 Å². The SMILES string of the molecule is CCn1cc(C(C)Nc2cccc(C)c2C)cn1. The Labute approximate surface area is 109 Å². The van der Waals surface area contributed by atoms with E-state index in [0.717, 1.165) is 6.54 Å². The second-order valence-electron chi connectivity index (χ2n) is 4.74. The van der Waals surface area contributed by atoms with E-state index in [9.17, 15) is 0 Å². The van der Waals surface area contributed by atoms with Gasteiger partial charge in [-0.2, -0.15) is 5.10 Å². The van der Waals surface area contributed by atoms with Gasteiger partial charge in [0, 0.05) is 24.0 Å². The summed E-state index contributed by atoms with van der Waals surface area (Å²) < 4.78 is 1.95. The van der Waals surface area contributed by atoms with E-state index in [1.54, 1.807) is 0 Å². The Balaban J connectivity index is 2.15. The molecule has 1 atom stereocenters. The summed E-state index contributed by atoms with van der Waals surface area (Å²) in [4.78, 5) is 0. The molecule has 96 valence electrons. The third-order valence-corrected chi connectivity index (χ3v) is 3.45. The van der Waals surface area contributed by atoms with Gasteiger partial charge in [0.05, 0.1) is 12.2 Å². The molecule has 0 aliphatic carbocycles. The lowest BCUT2D eigenvalue weighted by Crippen LogP contribution is -2.07. The molecule has 0 aliphatic rings. The fourth-order valence-corrected chi connectivity index (χ4v) is 2.00. The van der Waals surface area contributed by atoms with Gasteiger partial charge >= 0.3 is 0 Å². The van der Waals surface area contributed by atoms with Crippen LogP contribution in [-0.2, 0) is 6.54 Å². The number of aromatic nitrogens is 2. The van der Waals surface area contributed by atoms with E-state index in [4.69, 9.17) is 0 Å². The molecule has 0 fully saturated rings. The summed E-state index contributed by atoms with van der Waals surface area (Å²) in [5.41, 5.74) is 5.05. The number of nitrogens with one attached hydrogen (secondary N) is 1. The highest BCUT2D eigenvalue weighted by molar-refractivity contribution is 5.54. The van der Waals surface area contributed by atoms with Crippen LogP contribution in [-0.4, -0.2) is 9.78 Å². The average Bonchev–Trinajstić information content (AvgIpc) is 2.83. The van der Waals surface area contributed by atoms with Crippen LogP contribution in [0.5, 0.6) is 0 Å². The fourth-order valence-electron chi connectivity index (χ4n) is 2.00. The summed E-state index contributed by atoms with van der Waals surface area (Å²) in [5.74, 6) is 0. The van der Waals surface area contributed by atoms with Crippen LogP contribution in [0.4, 0.5) is 5.69 Å². The van der Waals surface area contributed by atoms with E-state index in [1.165, 1.54) is 22.4 Å². The number of hydrogen-bond donors (Lipinski definition) is 1. The molecule has 0 amide bonds. The van der Waals surface area contributed by atoms with E-state index >= 15 is 0 Å². The molecule has 0 saturated carbocycles. The van der Waals surface area contributed by atoms with Crippen molar-refractivity contribution in [3.63, 3.8) is 0 Å². The van der Waals surface area contributed by atoms with Crippen LogP contribution in [0.25, 0.3) is 0 Å². The summed E-state index contributed by atoms with van der Waals surface area (Å²) in [5, 5.41) is 7.87. The van der Waals surface area contributed by atoms with Crippen molar-refractivity contribution < 1.29 is 0 Å². The number of nitrogens with zero attached hydrogens (tertiary/aromatic N) is 2. The van der Waals surface area contributed by atoms with Crippen LogP contribution >= 0.6 is 0 Å². The van der Waals surface area contributed by atoms with Crippen molar-refractivity contribution >= 4 is 5.69 Å². The Morgan fingerprint density at radius 3 is 2.78 bits per heavy atom. The molecule has 18 heavy (non-hydrogen) atoms. The monoisotopic (exact) mass is 243 g/mol. The maximum atomic E-state index is 4.31. The second kappa shape index (κ2) is 5.25. The van der Waals surface area contributed by atoms with Crippen molar-refractivity contribution in [2.75, 3.05) is 5.32 Å². The Hall–Kier alpha value is -1.77. The molecular formula is C15H21N3. The molecule has 0 saturated heterocycles. The zero-order chi connectivity index (χ0) is 13.1. The van der Waals surface area contributed by atoms with E-state index in [1.807, 2.05) is 10.9 Å². The minimum absolute atomic E-state index is 0.269. The van der Waals surface area contributed by atoms with Gasteiger partial charge < -0.3 is 5.32 Å². The molecule has 0 bridgehead atoms. The van der Waals surface area contributed by atoms with Gasteiger partial charge in [-0.15, -0.1) is 0 Å². The maximum Gasteiger partial charge on any atom is 0.0542 e. The third-order valence-electron chi connectivity index (χ3n) is 3.45. The summed E-state index contributed by atoms with van der Waals surface area (Å²) in [6.45, 7) is 9.47. The van der Waals surface area contributed by atoms with Gasteiger partial charge in [0.1, 0.15) is 0 Å². The first-order chi connectivity index (χ1) is 8.61. The minimum atomic E-state index is 0.269. The van der Waals surface area contributed by atoms with Gasteiger partial charge in [0.2, 0.25) is 0 Å². The summed E-state index contributed by atoms with van der Waals surface area (Å²) in [6.07, 6.45) is 4.04. The Kier molecular flexibility index (Phi) is 3.70. The lowest BCUT2D eigenvalue weighted by atomic mass is 10.1. The largest absolute Gasteiger partial charge is 0.378 e. The minimum Gasteiger partial charge on any atom is -0.378 e. The van der Waals surface area contributed by atoms with Crippen LogP contribution in [0.15, 0.2) is 30.6 Å². The Morgan fingerprint density at radius 2 is 2.11 bits per heavy atom. The molecule has 1 unspecified atom stereocenters. The van der Waals surface area contributed by atoms with Crippen molar-refractivity contribution in [1.29, 1.82) is 0 Å². The number of rotatable bonds is 4. The molecule has 2 rings (SSSR count). The first-order valence-corrected chi connectivity index (χ1v) is 6.47. The van der Waals surface area contributed by atoms with Crippen LogP contribution in [0.3, 0.4) is 0 Å². The van der Waals surface area contributed by atoms with Crippen molar-refractivity contribution in [3.8, 4) is 0 Å². The molecule has 1 aromatic heterocycles.